The van der Waals surface area contributed by atoms with Gasteiger partial charge in [-0.3, -0.25) is 0 Å². The molecule has 0 radical (unpaired) electrons. The third-order valence-electron chi connectivity index (χ3n) is 2.16. The molecule has 0 spiro atoms. The summed E-state index contributed by atoms with van der Waals surface area (Å²) in [7, 11) is 0. The number of halogens is 3. The van der Waals surface area contributed by atoms with E-state index in [1.807, 2.05) is 6.07 Å². The molecule has 92 valence electrons. The van der Waals surface area contributed by atoms with Gasteiger partial charge in [0.1, 0.15) is 0 Å². The van der Waals surface area contributed by atoms with Gasteiger partial charge in [-0.15, -0.1) is 21.2 Å². The number of benzene rings is 1. The highest BCUT2D eigenvalue weighted by molar-refractivity contribution is 5.85. The molecule has 1 aromatic rings. The van der Waals surface area contributed by atoms with Crippen LogP contribution in [0.25, 0.3) is 0 Å². The van der Waals surface area contributed by atoms with Crippen molar-refractivity contribution < 1.29 is 18.3 Å². The summed E-state index contributed by atoms with van der Waals surface area (Å²) in [6, 6.07) is 5.63. The molecule has 17 heavy (non-hydrogen) atoms. The first kappa shape index (κ1) is 13.5. The van der Waals surface area contributed by atoms with Crippen molar-refractivity contribution in [1.82, 2.24) is 0 Å². The average molecular weight is 263 g/mol. The molecular weight excluding hydrogens is 254 g/mol. The summed E-state index contributed by atoms with van der Waals surface area (Å²) >= 11 is 0. The zero-order valence-corrected chi connectivity index (χ0v) is 9.34. The molecule has 0 saturated heterocycles. The standard InChI is InChI=1S/C10H8F2N2O2.ClH/c11-10(12)15-8-2-1-6(5-9(8)16-10)7(14)3-4-13;/h1-2,5,7H,3,14H2;1H/t7-;/m1./s1. The molecule has 7 heteroatoms. The van der Waals surface area contributed by atoms with Gasteiger partial charge in [-0.2, -0.15) is 5.26 Å². The van der Waals surface area contributed by atoms with Crippen LogP contribution in [0.15, 0.2) is 18.2 Å². The van der Waals surface area contributed by atoms with Gasteiger partial charge in [-0.05, 0) is 17.7 Å². The number of hydrogen-bond donors (Lipinski definition) is 1. The maximum absolute atomic E-state index is 12.7. The monoisotopic (exact) mass is 262 g/mol. The van der Waals surface area contributed by atoms with Gasteiger partial charge in [0.25, 0.3) is 0 Å². The van der Waals surface area contributed by atoms with E-state index in [0.717, 1.165) is 0 Å². The van der Waals surface area contributed by atoms with Gasteiger partial charge in [0.05, 0.1) is 12.5 Å². The predicted octanol–water partition coefficient (Wildman–Crippen LogP) is 2.34. The van der Waals surface area contributed by atoms with E-state index in [4.69, 9.17) is 11.0 Å². The van der Waals surface area contributed by atoms with Crippen LogP contribution in [-0.2, 0) is 0 Å². The lowest BCUT2D eigenvalue weighted by Crippen LogP contribution is -2.25. The number of nitrogens with zero attached hydrogens (tertiary/aromatic N) is 1. The minimum Gasteiger partial charge on any atom is -0.395 e. The molecule has 1 atom stereocenters. The number of hydrogen-bond acceptors (Lipinski definition) is 4. The fourth-order valence-corrected chi connectivity index (χ4v) is 1.41. The number of rotatable bonds is 2. The smallest absolute Gasteiger partial charge is 0.395 e. The molecule has 0 fully saturated rings. The van der Waals surface area contributed by atoms with E-state index in [9.17, 15) is 8.78 Å². The zero-order chi connectivity index (χ0) is 11.8. The molecule has 4 nitrogen and oxygen atoms in total. The molecular formula is C10H9ClF2N2O2. The Hall–Kier alpha value is -1.58. The van der Waals surface area contributed by atoms with Crippen molar-refractivity contribution in [2.75, 3.05) is 0 Å². The van der Waals surface area contributed by atoms with E-state index in [2.05, 4.69) is 9.47 Å². The quantitative estimate of drug-likeness (QED) is 0.888. The van der Waals surface area contributed by atoms with E-state index in [0.29, 0.717) is 5.56 Å². The summed E-state index contributed by atoms with van der Waals surface area (Å²) in [6.45, 7) is 0. The Kier molecular flexibility index (Phi) is 3.76. The van der Waals surface area contributed by atoms with Crippen molar-refractivity contribution in [2.45, 2.75) is 18.8 Å². The first-order chi connectivity index (χ1) is 7.52. The van der Waals surface area contributed by atoms with Crippen molar-refractivity contribution in [2.24, 2.45) is 5.73 Å². The molecule has 1 aromatic carbocycles. The topological polar surface area (TPSA) is 68.3 Å². The maximum atomic E-state index is 12.7. The minimum absolute atomic E-state index is 0. The second kappa shape index (κ2) is 4.73. The Bertz CT molecular complexity index is 462. The SMILES string of the molecule is Cl.N#CC[C@@H](N)c1ccc2c(c1)OC(F)(F)O2. The third kappa shape index (κ3) is 2.75. The van der Waals surface area contributed by atoms with E-state index >= 15 is 0 Å². The van der Waals surface area contributed by atoms with Crippen LogP contribution in [0.5, 0.6) is 11.5 Å². The van der Waals surface area contributed by atoms with Crippen LogP contribution in [0.2, 0.25) is 0 Å². The number of fused-ring (bicyclic) bond motifs is 1. The normalized spacial score (nSPS) is 16.8. The molecule has 0 aromatic heterocycles. The van der Waals surface area contributed by atoms with Crippen molar-refractivity contribution >= 4 is 12.4 Å². The molecule has 1 heterocycles. The Morgan fingerprint density at radius 2 is 2.00 bits per heavy atom. The molecule has 0 bridgehead atoms. The second-order valence-electron chi connectivity index (χ2n) is 3.34. The molecule has 1 aliphatic rings. The van der Waals surface area contributed by atoms with Crippen molar-refractivity contribution in [3.8, 4) is 17.6 Å². The van der Waals surface area contributed by atoms with Gasteiger partial charge in [-0.1, -0.05) is 6.07 Å². The van der Waals surface area contributed by atoms with Crippen LogP contribution in [0.4, 0.5) is 8.78 Å². The zero-order valence-electron chi connectivity index (χ0n) is 8.52. The van der Waals surface area contributed by atoms with E-state index in [1.54, 1.807) is 0 Å². The van der Waals surface area contributed by atoms with Crippen molar-refractivity contribution in [3.63, 3.8) is 0 Å². The Balaban J connectivity index is 0.00000144. The van der Waals surface area contributed by atoms with Gasteiger partial charge in [0.15, 0.2) is 11.5 Å². The summed E-state index contributed by atoms with van der Waals surface area (Å²) in [6.07, 6.45) is -3.52. The maximum Gasteiger partial charge on any atom is 0.586 e. The fourth-order valence-electron chi connectivity index (χ4n) is 1.41. The van der Waals surface area contributed by atoms with Crippen LogP contribution in [-0.4, -0.2) is 6.29 Å². The third-order valence-corrected chi connectivity index (χ3v) is 2.16. The van der Waals surface area contributed by atoms with Crippen LogP contribution in [0.1, 0.15) is 18.0 Å². The first-order valence-corrected chi connectivity index (χ1v) is 4.54. The number of ether oxygens (including phenoxy) is 2. The molecule has 0 amide bonds. The fraction of sp³-hybridized carbons (Fsp3) is 0.300. The summed E-state index contributed by atoms with van der Waals surface area (Å²) in [5.41, 5.74) is 6.22. The summed E-state index contributed by atoms with van der Waals surface area (Å²) in [5, 5.41) is 8.47. The number of nitrogens with two attached hydrogens (primary N) is 1. The van der Waals surface area contributed by atoms with Crippen LogP contribution >= 0.6 is 12.4 Å². The molecule has 0 unspecified atom stereocenters. The highest BCUT2D eigenvalue weighted by Gasteiger charge is 2.43. The minimum atomic E-state index is -3.62. The Morgan fingerprint density at radius 3 is 2.65 bits per heavy atom. The van der Waals surface area contributed by atoms with Crippen LogP contribution < -0.4 is 15.2 Å². The number of nitriles is 1. The van der Waals surface area contributed by atoms with E-state index in [-0.39, 0.29) is 30.3 Å². The van der Waals surface area contributed by atoms with Crippen molar-refractivity contribution in [1.29, 1.82) is 5.26 Å². The summed E-state index contributed by atoms with van der Waals surface area (Å²) in [4.78, 5) is 0. The van der Waals surface area contributed by atoms with Crippen molar-refractivity contribution in [3.05, 3.63) is 23.8 Å². The highest BCUT2D eigenvalue weighted by Crippen LogP contribution is 2.41. The van der Waals surface area contributed by atoms with Gasteiger partial charge < -0.3 is 15.2 Å². The van der Waals surface area contributed by atoms with Crippen LogP contribution in [0.3, 0.4) is 0 Å². The molecule has 2 rings (SSSR count). The van der Waals surface area contributed by atoms with Gasteiger partial charge >= 0.3 is 6.29 Å². The largest absolute Gasteiger partial charge is 0.586 e. The van der Waals surface area contributed by atoms with E-state index < -0.39 is 12.3 Å². The summed E-state index contributed by atoms with van der Waals surface area (Å²) in [5.74, 6) is -0.0891. The van der Waals surface area contributed by atoms with Crippen LogP contribution in [0, 0.1) is 11.3 Å². The Morgan fingerprint density at radius 1 is 1.35 bits per heavy atom. The second-order valence-corrected chi connectivity index (χ2v) is 3.34. The van der Waals surface area contributed by atoms with E-state index in [1.165, 1.54) is 18.2 Å². The molecule has 0 aliphatic carbocycles. The lowest BCUT2D eigenvalue weighted by atomic mass is 10.1. The molecule has 2 N–H and O–H groups in total. The highest BCUT2D eigenvalue weighted by atomic mass is 35.5. The summed E-state index contributed by atoms with van der Waals surface area (Å²) < 4.78 is 33.9. The first-order valence-electron chi connectivity index (χ1n) is 4.54. The lowest BCUT2D eigenvalue weighted by molar-refractivity contribution is -0.286. The number of alkyl halides is 2. The lowest BCUT2D eigenvalue weighted by Gasteiger charge is -2.07. The van der Waals surface area contributed by atoms with Gasteiger partial charge in [0, 0.05) is 6.04 Å². The van der Waals surface area contributed by atoms with Gasteiger partial charge in [-0.25, -0.2) is 0 Å². The molecule has 0 saturated carbocycles. The Labute approximate surface area is 102 Å². The molecule has 1 aliphatic heterocycles. The van der Waals surface area contributed by atoms with Gasteiger partial charge in [0.2, 0.25) is 0 Å². The average Bonchev–Trinajstić information content (AvgIpc) is 2.50. The predicted molar refractivity (Wildman–Crippen MR) is 57.1 cm³/mol.